The molecule has 0 saturated heterocycles. The van der Waals surface area contributed by atoms with Crippen molar-refractivity contribution in [1.82, 2.24) is 4.98 Å². The van der Waals surface area contributed by atoms with Crippen molar-refractivity contribution >= 4 is 35.0 Å². The van der Waals surface area contributed by atoms with Crippen LogP contribution in [0.5, 0.6) is 0 Å². The molecule has 2 heterocycles. The molecule has 0 aliphatic carbocycles. The van der Waals surface area contributed by atoms with Crippen LogP contribution >= 0.6 is 11.8 Å². The first-order valence-electron chi connectivity index (χ1n) is 9.11. The lowest BCUT2D eigenvalue weighted by atomic mass is 10.1. The number of halogens is 1. The lowest BCUT2D eigenvalue weighted by molar-refractivity contribution is 0.0975. The fourth-order valence-corrected chi connectivity index (χ4v) is 4.24. The van der Waals surface area contributed by atoms with E-state index < -0.39 is 11.7 Å². The third-order valence-corrected chi connectivity index (χ3v) is 5.57. The standard InChI is InChI=1S/C22H18FN3O2S/c1-13(2)26-18-9-8-16(25-20(27)14-5-3-6-15(23)11-14)12-19(18)29-21-17(22(26)28)7-4-10-24-21/h3-13H,1-2H3,(H,25,27). The minimum atomic E-state index is -0.469. The Morgan fingerprint density at radius 3 is 2.72 bits per heavy atom. The summed E-state index contributed by atoms with van der Waals surface area (Å²) < 4.78 is 13.4. The molecule has 1 N–H and O–H groups in total. The zero-order valence-electron chi connectivity index (χ0n) is 15.8. The van der Waals surface area contributed by atoms with E-state index in [-0.39, 0.29) is 17.5 Å². The SMILES string of the molecule is CC(C)N1C(=O)c2cccnc2Sc2cc(NC(=O)c3cccc(F)c3)ccc21. The molecule has 2 aromatic carbocycles. The summed E-state index contributed by atoms with van der Waals surface area (Å²) in [4.78, 5) is 32.4. The van der Waals surface area contributed by atoms with E-state index in [2.05, 4.69) is 10.3 Å². The van der Waals surface area contributed by atoms with Gasteiger partial charge < -0.3 is 10.2 Å². The molecule has 0 unspecified atom stereocenters. The third kappa shape index (κ3) is 3.73. The Labute approximate surface area is 172 Å². The van der Waals surface area contributed by atoms with E-state index in [1.165, 1.54) is 30.0 Å². The number of hydrogen-bond donors (Lipinski definition) is 1. The van der Waals surface area contributed by atoms with Gasteiger partial charge in [-0.15, -0.1) is 0 Å². The number of hydrogen-bond acceptors (Lipinski definition) is 4. The summed E-state index contributed by atoms with van der Waals surface area (Å²) >= 11 is 1.38. The van der Waals surface area contributed by atoms with E-state index in [1.807, 2.05) is 26.0 Å². The Hall–Kier alpha value is -3.19. The molecule has 0 spiro atoms. The van der Waals surface area contributed by atoms with Gasteiger partial charge >= 0.3 is 0 Å². The van der Waals surface area contributed by atoms with Crippen LogP contribution in [-0.2, 0) is 0 Å². The van der Waals surface area contributed by atoms with Gasteiger partial charge in [-0.2, -0.15) is 0 Å². The topological polar surface area (TPSA) is 62.3 Å². The molecule has 29 heavy (non-hydrogen) atoms. The number of carbonyl (C=O) groups is 2. The van der Waals surface area contributed by atoms with E-state index in [1.54, 1.807) is 35.4 Å². The smallest absolute Gasteiger partial charge is 0.261 e. The van der Waals surface area contributed by atoms with Crippen LogP contribution in [0.4, 0.5) is 15.8 Å². The highest BCUT2D eigenvalue weighted by atomic mass is 32.2. The zero-order valence-corrected chi connectivity index (χ0v) is 16.7. The predicted molar refractivity (Wildman–Crippen MR) is 111 cm³/mol. The Morgan fingerprint density at radius 1 is 1.14 bits per heavy atom. The van der Waals surface area contributed by atoms with Gasteiger partial charge in [-0.3, -0.25) is 9.59 Å². The van der Waals surface area contributed by atoms with Crippen LogP contribution in [0.1, 0.15) is 34.6 Å². The van der Waals surface area contributed by atoms with Gasteiger partial charge in [0.1, 0.15) is 10.8 Å². The molecule has 146 valence electrons. The minimum absolute atomic E-state index is 0.0549. The number of benzene rings is 2. The van der Waals surface area contributed by atoms with Gasteiger partial charge in [-0.1, -0.05) is 17.8 Å². The maximum absolute atomic E-state index is 13.4. The van der Waals surface area contributed by atoms with E-state index in [4.69, 9.17) is 0 Å². The van der Waals surface area contributed by atoms with Crippen molar-refractivity contribution in [2.45, 2.75) is 29.8 Å². The maximum atomic E-state index is 13.4. The van der Waals surface area contributed by atoms with Crippen LogP contribution in [0.2, 0.25) is 0 Å². The molecule has 0 bridgehead atoms. The second kappa shape index (κ2) is 7.67. The van der Waals surface area contributed by atoms with Crippen molar-refractivity contribution in [3.05, 3.63) is 77.7 Å². The van der Waals surface area contributed by atoms with Crippen molar-refractivity contribution in [3.63, 3.8) is 0 Å². The van der Waals surface area contributed by atoms with Gasteiger partial charge in [0.15, 0.2) is 0 Å². The summed E-state index contributed by atoms with van der Waals surface area (Å²) in [6.45, 7) is 3.90. The highest BCUT2D eigenvalue weighted by Gasteiger charge is 2.30. The van der Waals surface area contributed by atoms with Gasteiger partial charge in [0.25, 0.3) is 11.8 Å². The molecule has 0 radical (unpaired) electrons. The van der Waals surface area contributed by atoms with Crippen LogP contribution in [0.3, 0.4) is 0 Å². The zero-order chi connectivity index (χ0) is 20.5. The summed E-state index contributed by atoms with van der Waals surface area (Å²) in [7, 11) is 0. The fourth-order valence-electron chi connectivity index (χ4n) is 3.20. The predicted octanol–water partition coefficient (Wildman–Crippen LogP) is 4.99. The first kappa shape index (κ1) is 19.1. The monoisotopic (exact) mass is 407 g/mol. The number of fused-ring (bicyclic) bond motifs is 2. The molecule has 2 amide bonds. The molecule has 7 heteroatoms. The number of carbonyl (C=O) groups excluding carboxylic acids is 2. The van der Waals surface area contributed by atoms with Crippen molar-refractivity contribution in [2.24, 2.45) is 0 Å². The lowest BCUT2D eigenvalue weighted by Crippen LogP contribution is -2.37. The van der Waals surface area contributed by atoms with Gasteiger partial charge in [0, 0.05) is 28.4 Å². The molecule has 5 nitrogen and oxygen atoms in total. The summed E-state index contributed by atoms with van der Waals surface area (Å²) in [5.41, 5.74) is 2.10. The van der Waals surface area contributed by atoms with Gasteiger partial charge in [-0.05, 0) is 62.4 Å². The first-order valence-corrected chi connectivity index (χ1v) is 9.93. The van der Waals surface area contributed by atoms with Crippen LogP contribution in [-0.4, -0.2) is 22.8 Å². The van der Waals surface area contributed by atoms with Crippen molar-refractivity contribution in [1.29, 1.82) is 0 Å². The number of rotatable bonds is 3. The highest BCUT2D eigenvalue weighted by molar-refractivity contribution is 7.99. The van der Waals surface area contributed by atoms with Crippen molar-refractivity contribution in [3.8, 4) is 0 Å². The molecule has 1 aliphatic rings. The van der Waals surface area contributed by atoms with E-state index in [9.17, 15) is 14.0 Å². The van der Waals surface area contributed by atoms with Crippen molar-refractivity contribution < 1.29 is 14.0 Å². The Morgan fingerprint density at radius 2 is 1.97 bits per heavy atom. The fraction of sp³-hybridized carbons (Fsp3) is 0.136. The molecule has 4 rings (SSSR count). The highest BCUT2D eigenvalue weighted by Crippen LogP contribution is 2.42. The lowest BCUT2D eigenvalue weighted by Gasteiger charge is -2.27. The second-order valence-electron chi connectivity index (χ2n) is 6.87. The Kier molecular flexibility index (Phi) is 5.07. The van der Waals surface area contributed by atoms with Crippen LogP contribution in [0, 0.1) is 5.82 Å². The summed E-state index contributed by atoms with van der Waals surface area (Å²) in [5.74, 6) is -0.979. The molecular weight excluding hydrogens is 389 g/mol. The van der Waals surface area contributed by atoms with Gasteiger partial charge in [0.2, 0.25) is 0 Å². The molecule has 1 aromatic heterocycles. The quantitative estimate of drug-likeness (QED) is 0.664. The van der Waals surface area contributed by atoms with Crippen LogP contribution in [0.15, 0.2) is 70.7 Å². The van der Waals surface area contributed by atoms with Crippen LogP contribution in [0.25, 0.3) is 0 Å². The molecule has 0 atom stereocenters. The maximum Gasteiger partial charge on any atom is 0.261 e. The van der Waals surface area contributed by atoms with Crippen LogP contribution < -0.4 is 10.2 Å². The molecule has 1 aliphatic heterocycles. The molecule has 3 aromatic rings. The number of nitrogens with one attached hydrogen (secondary N) is 1. The second-order valence-corrected chi connectivity index (χ2v) is 7.90. The number of pyridine rings is 1. The average molecular weight is 407 g/mol. The van der Waals surface area contributed by atoms with Gasteiger partial charge in [0.05, 0.1) is 11.3 Å². The summed E-state index contributed by atoms with van der Waals surface area (Å²) in [6, 6.07) is 14.3. The largest absolute Gasteiger partial charge is 0.322 e. The third-order valence-electron chi connectivity index (χ3n) is 4.51. The number of anilines is 2. The Bertz CT molecular complexity index is 1120. The van der Waals surface area contributed by atoms with E-state index in [0.717, 1.165) is 10.6 Å². The molecule has 0 saturated carbocycles. The van der Waals surface area contributed by atoms with E-state index >= 15 is 0 Å². The number of amides is 2. The first-order chi connectivity index (χ1) is 13.9. The normalized spacial score (nSPS) is 13.0. The number of aromatic nitrogens is 1. The molecule has 0 fully saturated rings. The summed E-state index contributed by atoms with van der Waals surface area (Å²) in [6.07, 6.45) is 1.65. The molecular formula is C22H18FN3O2S. The van der Waals surface area contributed by atoms with E-state index in [0.29, 0.717) is 16.3 Å². The average Bonchev–Trinajstić information content (AvgIpc) is 2.81. The Balaban J connectivity index is 1.72. The minimum Gasteiger partial charge on any atom is -0.322 e. The van der Waals surface area contributed by atoms with Crippen molar-refractivity contribution in [2.75, 3.05) is 10.2 Å². The number of nitrogens with zero attached hydrogens (tertiary/aromatic N) is 2. The van der Waals surface area contributed by atoms with Gasteiger partial charge in [-0.25, -0.2) is 9.37 Å². The summed E-state index contributed by atoms with van der Waals surface area (Å²) in [5, 5.41) is 3.41.